The molecule has 5 nitrogen and oxygen atoms in total. The lowest BCUT2D eigenvalue weighted by Gasteiger charge is -2.12. The number of rotatable bonds is 5. The Morgan fingerprint density at radius 3 is 2.00 bits per heavy atom. The van der Waals surface area contributed by atoms with Gasteiger partial charge in [0.2, 0.25) is 0 Å². The first-order valence-corrected chi connectivity index (χ1v) is 7.90. The average Bonchev–Trinajstić information content (AvgIpc) is 3.02. The van der Waals surface area contributed by atoms with E-state index in [0.29, 0.717) is 28.5 Å². The van der Waals surface area contributed by atoms with Gasteiger partial charge in [-0.25, -0.2) is 13.8 Å². The van der Waals surface area contributed by atoms with Gasteiger partial charge in [-0.15, -0.1) is 0 Å². The van der Waals surface area contributed by atoms with E-state index in [-0.39, 0.29) is 5.69 Å². The van der Waals surface area contributed by atoms with Gasteiger partial charge in [0.25, 0.3) is 0 Å². The van der Waals surface area contributed by atoms with Crippen LogP contribution in [0.3, 0.4) is 0 Å². The molecule has 26 heavy (non-hydrogen) atoms. The summed E-state index contributed by atoms with van der Waals surface area (Å²) in [6, 6.07) is 7.91. The lowest BCUT2D eigenvalue weighted by atomic mass is 10.0. The second-order valence-electron chi connectivity index (χ2n) is 5.72. The molecule has 0 bridgehead atoms. The molecule has 0 radical (unpaired) electrons. The van der Waals surface area contributed by atoms with Crippen LogP contribution in [-0.4, -0.2) is 30.8 Å². The number of anilines is 1. The maximum absolute atomic E-state index is 14.2. The van der Waals surface area contributed by atoms with Crippen LogP contribution >= 0.6 is 0 Å². The van der Waals surface area contributed by atoms with Crippen molar-refractivity contribution >= 4 is 5.69 Å². The van der Waals surface area contributed by atoms with Gasteiger partial charge in [0, 0.05) is 31.3 Å². The van der Waals surface area contributed by atoms with E-state index in [1.165, 1.54) is 19.2 Å². The highest BCUT2D eigenvalue weighted by molar-refractivity contribution is 5.80. The molecule has 0 aliphatic rings. The molecule has 1 N–H and O–H groups in total. The minimum Gasteiger partial charge on any atom is -0.497 e. The van der Waals surface area contributed by atoms with Crippen molar-refractivity contribution < 1.29 is 18.3 Å². The van der Waals surface area contributed by atoms with Gasteiger partial charge in [0.05, 0.1) is 31.9 Å². The first-order valence-electron chi connectivity index (χ1n) is 7.90. The summed E-state index contributed by atoms with van der Waals surface area (Å²) >= 11 is 0. The standard InChI is InChI=1S/C19H19F2N3O2/c1-22-18-15(20)7-11(8-16(18)21)17-19(24(2)10-23-17)12-5-13(25-3)9-14(6-12)26-4/h5-10,22H,1-4H3. The minimum absolute atomic E-state index is 0.172. The van der Waals surface area contributed by atoms with Crippen LogP contribution in [0.25, 0.3) is 22.5 Å². The molecule has 1 heterocycles. The van der Waals surface area contributed by atoms with Crippen LogP contribution in [0.2, 0.25) is 0 Å². The largest absolute Gasteiger partial charge is 0.497 e. The number of hydrogen-bond acceptors (Lipinski definition) is 4. The van der Waals surface area contributed by atoms with Crippen molar-refractivity contribution in [1.29, 1.82) is 0 Å². The zero-order valence-corrected chi connectivity index (χ0v) is 14.9. The summed E-state index contributed by atoms with van der Waals surface area (Å²) in [5.74, 6) is -0.145. The van der Waals surface area contributed by atoms with Gasteiger partial charge in [0.15, 0.2) is 0 Å². The van der Waals surface area contributed by atoms with Crippen molar-refractivity contribution in [2.45, 2.75) is 0 Å². The molecule has 0 saturated heterocycles. The van der Waals surface area contributed by atoms with Crippen molar-refractivity contribution in [3.8, 4) is 34.0 Å². The summed E-state index contributed by atoms with van der Waals surface area (Å²) in [5.41, 5.74) is 2.09. The normalized spacial score (nSPS) is 10.7. The summed E-state index contributed by atoms with van der Waals surface area (Å²) in [6.07, 6.45) is 1.60. The van der Waals surface area contributed by atoms with Crippen molar-refractivity contribution in [2.24, 2.45) is 7.05 Å². The summed E-state index contributed by atoms with van der Waals surface area (Å²) < 4.78 is 40.8. The highest BCUT2D eigenvalue weighted by atomic mass is 19.1. The van der Waals surface area contributed by atoms with E-state index in [9.17, 15) is 8.78 Å². The number of nitrogens with one attached hydrogen (secondary N) is 1. The second-order valence-corrected chi connectivity index (χ2v) is 5.72. The van der Waals surface area contributed by atoms with Crippen LogP contribution in [0.5, 0.6) is 11.5 Å². The van der Waals surface area contributed by atoms with E-state index in [0.717, 1.165) is 5.56 Å². The summed E-state index contributed by atoms with van der Waals surface area (Å²) in [7, 11) is 6.40. The monoisotopic (exact) mass is 359 g/mol. The molecular formula is C19H19F2N3O2. The Bertz CT molecular complexity index is 909. The lowest BCUT2D eigenvalue weighted by molar-refractivity contribution is 0.394. The first kappa shape index (κ1) is 17.7. The zero-order chi connectivity index (χ0) is 18.8. The SMILES string of the molecule is CNc1c(F)cc(-c2ncn(C)c2-c2cc(OC)cc(OC)c2)cc1F. The third-order valence-electron chi connectivity index (χ3n) is 4.13. The Labute approximate surface area is 150 Å². The molecule has 0 aliphatic heterocycles. The van der Waals surface area contributed by atoms with Crippen molar-refractivity contribution in [2.75, 3.05) is 26.6 Å². The van der Waals surface area contributed by atoms with Gasteiger partial charge in [-0.3, -0.25) is 0 Å². The average molecular weight is 359 g/mol. The molecule has 1 aromatic heterocycles. The molecule has 0 saturated carbocycles. The number of imidazole rings is 1. The molecule has 3 aromatic rings. The number of hydrogen-bond donors (Lipinski definition) is 1. The number of ether oxygens (including phenoxy) is 2. The van der Waals surface area contributed by atoms with Gasteiger partial charge in [0.1, 0.15) is 28.8 Å². The molecule has 0 amide bonds. The van der Waals surface area contributed by atoms with E-state index in [1.54, 1.807) is 31.2 Å². The number of aromatic nitrogens is 2. The van der Waals surface area contributed by atoms with E-state index in [1.807, 2.05) is 19.2 Å². The summed E-state index contributed by atoms with van der Waals surface area (Å²) in [4.78, 5) is 4.34. The highest BCUT2D eigenvalue weighted by Gasteiger charge is 2.18. The van der Waals surface area contributed by atoms with Gasteiger partial charge in [-0.05, 0) is 24.3 Å². The van der Waals surface area contributed by atoms with E-state index < -0.39 is 11.6 Å². The van der Waals surface area contributed by atoms with Crippen molar-refractivity contribution in [3.05, 3.63) is 48.3 Å². The Kier molecular flexibility index (Phi) is 4.79. The van der Waals surface area contributed by atoms with Crippen LogP contribution in [0.1, 0.15) is 0 Å². The number of halogens is 2. The Morgan fingerprint density at radius 1 is 0.923 bits per heavy atom. The molecule has 0 spiro atoms. The van der Waals surface area contributed by atoms with Gasteiger partial charge >= 0.3 is 0 Å². The Morgan fingerprint density at radius 2 is 1.50 bits per heavy atom. The van der Waals surface area contributed by atoms with Gasteiger partial charge < -0.3 is 19.4 Å². The second kappa shape index (κ2) is 7.03. The molecule has 0 fully saturated rings. The molecule has 136 valence electrons. The third-order valence-corrected chi connectivity index (χ3v) is 4.13. The first-order chi connectivity index (χ1) is 12.5. The van der Waals surface area contributed by atoms with Crippen molar-refractivity contribution in [1.82, 2.24) is 9.55 Å². The number of nitrogens with zero attached hydrogens (tertiary/aromatic N) is 2. The fraction of sp³-hybridized carbons (Fsp3) is 0.211. The van der Waals surface area contributed by atoms with Crippen LogP contribution in [0, 0.1) is 11.6 Å². The number of benzene rings is 2. The van der Waals surface area contributed by atoms with E-state index in [2.05, 4.69) is 10.3 Å². The predicted octanol–water partition coefficient (Wildman–Crippen LogP) is 4.09. The zero-order valence-electron chi connectivity index (χ0n) is 14.9. The van der Waals surface area contributed by atoms with Gasteiger partial charge in [-0.2, -0.15) is 0 Å². The van der Waals surface area contributed by atoms with Crippen molar-refractivity contribution in [3.63, 3.8) is 0 Å². The van der Waals surface area contributed by atoms with Crippen LogP contribution in [0.15, 0.2) is 36.7 Å². The fourth-order valence-electron chi connectivity index (χ4n) is 2.87. The smallest absolute Gasteiger partial charge is 0.149 e. The molecule has 2 aromatic carbocycles. The quantitative estimate of drug-likeness (QED) is 0.745. The van der Waals surface area contributed by atoms with E-state index in [4.69, 9.17) is 9.47 Å². The maximum Gasteiger partial charge on any atom is 0.149 e. The Hall–Kier alpha value is -3.09. The summed E-state index contributed by atoms with van der Waals surface area (Å²) in [5, 5.41) is 2.52. The molecular weight excluding hydrogens is 340 g/mol. The predicted molar refractivity (Wildman–Crippen MR) is 96.6 cm³/mol. The molecule has 0 unspecified atom stereocenters. The molecule has 3 rings (SSSR count). The minimum atomic E-state index is -0.678. The number of methoxy groups -OCH3 is 2. The van der Waals surface area contributed by atoms with Crippen LogP contribution < -0.4 is 14.8 Å². The lowest BCUT2D eigenvalue weighted by Crippen LogP contribution is -1.98. The maximum atomic E-state index is 14.2. The summed E-state index contributed by atoms with van der Waals surface area (Å²) in [6.45, 7) is 0. The molecule has 0 atom stereocenters. The van der Waals surface area contributed by atoms with Gasteiger partial charge in [-0.1, -0.05) is 0 Å². The highest BCUT2D eigenvalue weighted by Crippen LogP contribution is 2.36. The number of aryl methyl sites for hydroxylation is 1. The fourth-order valence-corrected chi connectivity index (χ4v) is 2.87. The van der Waals surface area contributed by atoms with E-state index >= 15 is 0 Å². The topological polar surface area (TPSA) is 48.3 Å². The molecule has 0 aliphatic carbocycles. The van der Waals surface area contributed by atoms with Crippen LogP contribution in [-0.2, 0) is 7.05 Å². The third kappa shape index (κ3) is 3.08. The van der Waals surface area contributed by atoms with Crippen LogP contribution in [0.4, 0.5) is 14.5 Å². The Balaban J connectivity index is 2.20. The molecule has 7 heteroatoms.